The van der Waals surface area contributed by atoms with Gasteiger partial charge in [0.25, 0.3) is 5.91 Å². The van der Waals surface area contributed by atoms with Gasteiger partial charge in [-0.15, -0.1) is 0 Å². The van der Waals surface area contributed by atoms with Crippen LogP contribution in [0.4, 0.5) is 0 Å². The molecule has 0 saturated carbocycles. The second-order valence-electron chi connectivity index (χ2n) is 7.16. The number of amides is 1. The summed E-state index contributed by atoms with van der Waals surface area (Å²) in [4.78, 5) is 28.2. The number of aromatic nitrogens is 2. The first kappa shape index (κ1) is 18.8. The van der Waals surface area contributed by atoms with E-state index in [2.05, 4.69) is 10.3 Å². The molecule has 0 spiro atoms. The van der Waals surface area contributed by atoms with Crippen LogP contribution in [0.25, 0.3) is 21.8 Å². The molecule has 0 aliphatic heterocycles. The third-order valence-corrected chi connectivity index (χ3v) is 5.46. The molecular formula is C23H23N3O3. The third kappa shape index (κ3) is 3.27. The van der Waals surface area contributed by atoms with Crippen molar-refractivity contribution in [3.05, 3.63) is 71.5 Å². The van der Waals surface area contributed by atoms with Gasteiger partial charge in [0.1, 0.15) is 11.7 Å². The molecule has 1 amide bonds. The number of para-hydroxylation sites is 2. The normalized spacial score (nSPS) is 12.3. The van der Waals surface area contributed by atoms with Crippen molar-refractivity contribution in [3.8, 4) is 0 Å². The molecule has 4 aromatic rings. The lowest BCUT2D eigenvalue weighted by Crippen LogP contribution is -2.43. The van der Waals surface area contributed by atoms with Gasteiger partial charge in [-0.05, 0) is 37.1 Å². The van der Waals surface area contributed by atoms with Crippen molar-refractivity contribution in [2.45, 2.75) is 32.9 Å². The molecule has 1 atom stereocenters. The van der Waals surface area contributed by atoms with Crippen LogP contribution in [0, 0.1) is 6.92 Å². The molecule has 3 N–H and O–H groups in total. The van der Waals surface area contributed by atoms with Crippen molar-refractivity contribution in [2.75, 3.05) is 0 Å². The lowest BCUT2D eigenvalue weighted by atomic mass is 10.0. The van der Waals surface area contributed by atoms with Crippen LogP contribution in [0.1, 0.15) is 28.5 Å². The van der Waals surface area contributed by atoms with Crippen molar-refractivity contribution < 1.29 is 14.7 Å². The minimum atomic E-state index is -1.06. The van der Waals surface area contributed by atoms with Crippen LogP contribution in [0.3, 0.4) is 0 Å². The molecule has 0 saturated heterocycles. The summed E-state index contributed by atoms with van der Waals surface area (Å²) in [6.07, 6.45) is 2.01. The fraction of sp³-hybridized carbons (Fsp3) is 0.217. The summed E-state index contributed by atoms with van der Waals surface area (Å²) in [6, 6.07) is 14.5. The minimum Gasteiger partial charge on any atom is -0.480 e. The van der Waals surface area contributed by atoms with E-state index in [1.807, 2.05) is 66.9 Å². The highest BCUT2D eigenvalue weighted by atomic mass is 16.4. The molecule has 0 bridgehead atoms. The summed E-state index contributed by atoms with van der Waals surface area (Å²) in [5, 5.41) is 14.5. The van der Waals surface area contributed by atoms with E-state index < -0.39 is 12.0 Å². The summed E-state index contributed by atoms with van der Waals surface area (Å²) in [6.45, 7) is 4.50. The first-order valence-corrected chi connectivity index (χ1v) is 9.67. The zero-order valence-corrected chi connectivity index (χ0v) is 16.4. The topological polar surface area (TPSA) is 87.1 Å². The number of fused-ring (bicyclic) bond motifs is 2. The van der Waals surface area contributed by atoms with E-state index in [0.29, 0.717) is 12.2 Å². The molecular weight excluding hydrogens is 366 g/mol. The number of benzene rings is 2. The largest absolute Gasteiger partial charge is 0.480 e. The van der Waals surface area contributed by atoms with Crippen LogP contribution in [-0.2, 0) is 17.8 Å². The maximum atomic E-state index is 13.1. The number of carboxylic acids is 1. The number of aromatic amines is 1. The molecule has 0 radical (unpaired) electrons. The maximum Gasteiger partial charge on any atom is 0.326 e. The minimum absolute atomic E-state index is 0.205. The number of aryl methyl sites for hydroxylation is 2. The van der Waals surface area contributed by atoms with Gasteiger partial charge in [0.2, 0.25) is 0 Å². The fourth-order valence-corrected chi connectivity index (χ4v) is 4.04. The predicted molar refractivity (Wildman–Crippen MR) is 113 cm³/mol. The zero-order chi connectivity index (χ0) is 20.5. The molecule has 0 aliphatic carbocycles. The molecule has 6 heteroatoms. The molecule has 0 aliphatic rings. The third-order valence-electron chi connectivity index (χ3n) is 5.46. The highest BCUT2D eigenvalue weighted by Crippen LogP contribution is 2.26. The Morgan fingerprint density at radius 3 is 2.52 bits per heavy atom. The van der Waals surface area contributed by atoms with Gasteiger partial charge in [0, 0.05) is 41.0 Å². The van der Waals surface area contributed by atoms with E-state index >= 15 is 0 Å². The number of rotatable bonds is 6. The van der Waals surface area contributed by atoms with Crippen LogP contribution in [0.2, 0.25) is 0 Å². The van der Waals surface area contributed by atoms with Crippen LogP contribution in [0.5, 0.6) is 0 Å². The van der Waals surface area contributed by atoms with Crippen molar-refractivity contribution >= 4 is 33.7 Å². The Hall–Kier alpha value is -3.54. The molecule has 2 aromatic heterocycles. The number of hydrogen-bond donors (Lipinski definition) is 3. The highest BCUT2D eigenvalue weighted by Gasteiger charge is 2.26. The van der Waals surface area contributed by atoms with Gasteiger partial charge in [-0.2, -0.15) is 0 Å². The Morgan fingerprint density at radius 2 is 1.79 bits per heavy atom. The van der Waals surface area contributed by atoms with Gasteiger partial charge in [-0.25, -0.2) is 4.79 Å². The highest BCUT2D eigenvalue weighted by molar-refractivity contribution is 6.03. The summed E-state index contributed by atoms with van der Waals surface area (Å²) < 4.78 is 1.94. The molecule has 148 valence electrons. The number of nitrogens with zero attached hydrogens (tertiary/aromatic N) is 1. The lowest BCUT2D eigenvalue weighted by Gasteiger charge is -2.16. The molecule has 6 nitrogen and oxygen atoms in total. The van der Waals surface area contributed by atoms with Crippen molar-refractivity contribution in [1.29, 1.82) is 0 Å². The predicted octanol–water partition coefficient (Wildman–Crippen LogP) is 3.88. The summed E-state index contributed by atoms with van der Waals surface area (Å²) in [5.74, 6) is -1.42. The summed E-state index contributed by atoms with van der Waals surface area (Å²) in [7, 11) is 0. The van der Waals surface area contributed by atoms with Gasteiger partial charge in [-0.3, -0.25) is 4.79 Å². The zero-order valence-electron chi connectivity index (χ0n) is 16.4. The Balaban J connectivity index is 1.66. The maximum absolute atomic E-state index is 13.1. The van der Waals surface area contributed by atoms with E-state index in [1.54, 1.807) is 6.20 Å². The molecule has 4 rings (SSSR count). The molecule has 1 unspecified atom stereocenters. The number of hydrogen-bond acceptors (Lipinski definition) is 2. The first-order chi connectivity index (χ1) is 14.0. The summed E-state index contributed by atoms with van der Waals surface area (Å²) in [5.41, 5.74) is 4.15. The van der Waals surface area contributed by atoms with E-state index in [0.717, 1.165) is 32.9 Å². The van der Waals surface area contributed by atoms with Gasteiger partial charge < -0.3 is 20.0 Å². The van der Waals surface area contributed by atoms with E-state index in [9.17, 15) is 14.7 Å². The average molecular weight is 389 g/mol. The molecule has 2 aromatic carbocycles. The quantitative estimate of drug-likeness (QED) is 0.468. The van der Waals surface area contributed by atoms with Gasteiger partial charge in [0.15, 0.2) is 0 Å². The standard InChI is InChI=1S/C23H23N3O3/c1-3-26-20-11-7-5-8-16(20)14(2)21(26)22(27)25-19(23(28)29)12-15-13-24-18-10-6-4-9-17(15)18/h4-11,13,19,24H,3,12H2,1-2H3,(H,25,27)(H,28,29). The van der Waals surface area contributed by atoms with Crippen LogP contribution in [0.15, 0.2) is 54.7 Å². The van der Waals surface area contributed by atoms with E-state index in [4.69, 9.17) is 0 Å². The number of carbonyl (C=O) groups is 2. The van der Waals surface area contributed by atoms with Crippen molar-refractivity contribution in [2.24, 2.45) is 0 Å². The van der Waals surface area contributed by atoms with Crippen LogP contribution in [-0.4, -0.2) is 32.6 Å². The Labute approximate surface area is 168 Å². The molecule has 0 fully saturated rings. The van der Waals surface area contributed by atoms with E-state index in [1.165, 1.54) is 0 Å². The van der Waals surface area contributed by atoms with Gasteiger partial charge in [0.05, 0.1) is 0 Å². The fourth-order valence-electron chi connectivity index (χ4n) is 4.04. The summed E-state index contributed by atoms with van der Waals surface area (Å²) >= 11 is 0. The lowest BCUT2D eigenvalue weighted by molar-refractivity contribution is -0.139. The second kappa shape index (κ2) is 7.47. The Morgan fingerprint density at radius 1 is 1.10 bits per heavy atom. The first-order valence-electron chi connectivity index (χ1n) is 9.67. The smallest absolute Gasteiger partial charge is 0.326 e. The molecule has 29 heavy (non-hydrogen) atoms. The van der Waals surface area contributed by atoms with E-state index in [-0.39, 0.29) is 12.3 Å². The average Bonchev–Trinajstić information content (AvgIpc) is 3.26. The number of H-pyrrole nitrogens is 1. The number of aliphatic carboxylic acids is 1. The second-order valence-corrected chi connectivity index (χ2v) is 7.16. The number of nitrogens with one attached hydrogen (secondary N) is 2. The SMILES string of the molecule is CCn1c(C(=O)NC(Cc2c[nH]c3ccccc23)C(=O)O)c(C)c2ccccc21. The van der Waals surface area contributed by atoms with Gasteiger partial charge in [-0.1, -0.05) is 36.4 Å². The van der Waals surface area contributed by atoms with Crippen LogP contribution < -0.4 is 5.32 Å². The number of carboxylic acid groups (broad SMARTS) is 1. The molecule has 2 heterocycles. The Kier molecular flexibility index (Phi) is 4.84. The van der Waals surface area contributed by atoms with Crippen LogP contribution >= 0.6 is 0 Å². The van der Waals surface area contributed by atoms with Crippen molar-refractivity contribution in [1.82, 2.24) is 14.9 Å². The number of carbonyl (C=O) groups excluding carboxylic acids is 1. The monoisotopic (exact) mass is 389 g/mol. The van der Waals surface area contributed by atoms with Crippen molar-refractivity contribution in [3.63, 3.8) is 0 Å². The Bertz CT molecular complexity index is 1220. The van der Waals surface area contributed by atoms with Gasteiger partial charge >= 0.3 is 5.97 Å².